The molecule has 1 fully saturated rings. The van der Waals surface area contributed by atoms with Crippen molar-refractivity contribution >= 4 is 25.4 Å². The van der Waals surface area contributed by atoms with Gasteiger partial charge in [-0.25, -0.2) is 0 Å². The van der Waals surface area contributed by atoms with Crippen LogP contribution in [0.15, 0.2) is 41.3 Å². The maximum atomic E-state index is 13.7. The average Bonchev–Trinajstić information content (AvgIpc) is 2.86. The molecule has 36 heavy (non-hydrogen) atoms. The number of aliphatic carboxylic acids is 1. The number of nitrogens with one attached hydrogen (secondary N) is 1. The molecule has 3 rings (SSSR count). The second kappa shape index (κ2) is 14.3. The van der Waals surface area contributed by atoms with Gasteiger partial charge in [0.15, 0.2) is 6.61 Å². The van der Waals surface area contributed by atoms with Crippen LogP contribution in [-0.2, 0) is 28.0 Å². The van der Waals surface area contributed by atoms with Gasteiger partial charge in [0.1, 0.15) is 11.8 Å². The average molecular weight is 530 g/mol. The summed E-state index contributed by atoms with van der Waals surface area (Å²) < 4.78 is 30.3. The smallest absolute Gasteiger partial charge is 0.543 e. The van der Waals surface area contributed by atoms with Gasteiger partial charge in [-0.3, -0.25) is 14.2 Å². The number of amides is 2. The number of nitrogens with zero attached hydrogens (tertiary/aromatic N) is 1. The Morgan fingerprint density at radius 1 is 1.11 bits per heavy atom. The first-order valence-electron chi connectivity index (χ1n) is 12.0. The summed E-state index contributed by atoms with van der Waals surface area (Å²) in [5.74, 6) is -2.24. The van der Waals surface area contributed by atoms with Crippen molar-refractivity contribution in [1.82, 2.24) is 10.2 Å². The van der Waals surface area contributed by atoms with Gasteiger partial charge in [-0.2, -0.15) is 0 Å². The van der Waals surface area contributed by atoms with E-state index in [1.54, 1.807) is 24.3 Å². The number of benzene rings is 1. The number of ether oxygens (including phenoxy) is 1. The predicted molar refractivity (Wildman–Crippen MR) is 125 cm³/mol. The molecule has 192 valence electrons. The minimum Gasteiger partial charge on any atom is -0.543 e. The van der Waals surface area contributed by atoms with Crippen LogP contribution in [0.5, 0.6) is 5.75 Å². The maximum Gasteiger partial charge on any atom is 1.00 e. The van der Waals surface area contributed by atoms with E-state index in [2.05, 4.69) is 5.32 Å². The van der Waals surface area contributed by atoms with Crippen LogP contribution >= 0.6 is 7.60 Å². The van der Waals surface area contributed by atoms with Crippen molar-refractivity contribution < 1.29 is 67.4 Å². The summed E-state index contributed by atoms with van der Waals surface area (Å²) in [5.41, 5.74) is -0.478. The van der Waals surface area contributed by atoms with Gasteiger partial charge < -0.3 is 33.9 Å². The molecule has 2 aliphatic rings. The minimum absolute atomic E-state index is 0. The van der Waals surface area contributed by atoms with Crippen LogP contribution < -0.4 is 44.7 Å². The van der Waals surface area contributed by atoms with Crippen molar-refractivity contribution in [2.75, 3.05) is 19.8 Å². The molecule has 2 amide bonds. The van der Waals surface area contributed by atoms with Gasteiger partial charge in [-0.1, -0.05) is 44.9 Å². The minimum atomic E-state index is -3.96. The first-order chi connectivity index (χ1) is 16.8. The molecule has 1 aromatic rings. The number of carbonyl (C=O) groups excluding carboxylic acids is 3. The molecule has 1 saturated heterocycles. The summed E-state index contributed by atoms with van der Waals surface area (Å²) in [4.78, 5) is 38.4. The number of hydrogen-bond donors (Lipinski definition) is 1. The SMILES string of the molecule is CCCCOP(=O)(OCCCC)C1=C(C(=O)[O-])N2C(=O)C(NC(=O)COc3ccccc3)C2CC1.[Na+]. The van der Waals surface area contributed by atoms with Crippen LogP contribution in [0.2, 0.25) is 0 Å². The Balaban J connectivity index is 0.00000456. The first kappa shape index (κ1) is 30.5. The zero-order valence-electron chi connectivity index (χ0n) is 21.1. The van der Waals surface area contributed by atoms with E-state index in [4.69, 9.17) is 13.8 Å². The molecule has 2 unspecified atom stereocenters. The molecule has 0 saturated carbocycles. The fourth-order valence-electron chi connectivity index (χ4n) is 4.03. The molecular weight excluding hydrogens is 498 g/mol. The van der Waals surface area contributed by atoms with E-state index in [1.165, 1.54) is 0 Å². The molecule has 1 N–H and O–H groups in total. The van der Waals surface area contributed by atoms with Crippen LogP contribution in [0, 0.1) is 0 Å². The third-order valence-corrected chi connectivity index (χ3v) is 8.02. The van der Waals surface area contributed by atoms with Crippen molar-refractivity contribution in [3.63, 3.8) is 0 Å². The fourth-order valence-corrected chi connectivity index (χ4v) is 6.02. The summed E-state index contributed by atoms with van der Waals surface area (Å²) in [6.07, 6.45) is 3.21. The number of fused-ring (bicyclic) bond motifs is 1. The number of β-lactam (4-membered cyclic amide) rings is 1. The van der Waals surface area contributed by atoms with Crippen molar-refractivity contribution in [3.8, 4) is 5.75 Å². The quantitative estimate of drug-likeness (QED) is 0.145. The van der Waals surface area contributed by atoms with Gasteiger partial charge in [-0.05, 0) is 37.8 Å². The molecule has 0 radical (unpaired) electrons. The van der Waals surface area contributed by atoms with Crippen LogP contribution in [-0.4, -0.2) is 54.6 Å². The Morgan fingerprint density at radius 3 is 2.28 bits per heavy atom. The van der Waals surface area contributed by atoms with Gasteiger partial charge in [0.05, 0.1) is 36.2 Å². The van der Waals surface area contributed by atoms with E-state index in [0.29, 0.717) is 25.0 Å². The Bertz CT molecular complexity index is 989. The van der Waals surface area contributed by atoms with E-state index in [-0.39, 0.29) is 61.1 Å². The Kier molecular flexibility index (Phi) is 12.1. The molecule has 0 spiro atoms. The number of allylic oxidation sites excluding steroid dienone is 1. The molecule has 10 nitrogen and oxygen atoms in total. The van der Waals surface area contributed by atoms with Crippen LogP contribution in [0.3, 0.4) is 0 Å². The number of unbranched alkanes of at least 4 members (excludes halogenated alkanes) is 2. The number of para-hydroxylation sites is 1. The van der Waals surface area contributed by atoms with Crippen molar-refractivity contribution in [2.24, 2.45) is 0 Å². The fraction of sp³-hybridized carbons (Fsp3) is 0.542. The standard InChI is InChI=1S/C24H33N2O8P.Na/c1-3-5-14-33-35(31,34-15-6-4-2)19-13-12-18-21(23(28)26(18)22(19)24(29)30)25-20(27)16-32-17-10-8-7-9-11-17;/h7-11,18,21H,3-6,12-16H2,1-2H3,(H,25,27)(H,29,30);/q;+1/p-1. The zero-order valence-corrected chi connectivity index (χ0v) is 24.0. The van der Waals surface area contributed by atoms with E-state index < -0.39 is 43.2 Å². The summed E-state index contributed by atoms with van der Waals surface area (Å²) in [7, 11) is -3.96. The van der Waals surface area contributed by atoms with E-state index in [0.717, 1.165) is 17.7 Å². The van der Waals surface area contributed by atoms with Crippen LogP contribution in [0.1, 0.15) is 52.4 Å². The first-order valence-corrected chi connectivity index (χ1v) is 13.5. The van der Waals surface area contributed by atoms with Crippen molar-refractivity contribution in [2.45, 2.75) is 64.5 Å². The Labute approximate surface area is 233 Å². The second-order valence-corrected chi connectivity index (χ2v) is 10.5. The van der Waals surface area contributed by atoms with Gasteiger partial charge in [0, 0.05) is 0 Å². The summed E-state index contributed by atoms with van der Waals surface area (Å²) >= 11 is 0. The van der Waals surface area contributed by atoms with Crippen LogP contribution in [0.4, 0.5) is 0 Å². The number of carbonyl (C=O) groups is 3. The Hall–Kier alpha value is -1.68. The molecule has 2 heterocycles. The number of hydrogen-bond acceptors (Lipinski definition) is 8. The van der Waals surface area contributed by atoms with E-state index >= 15 is 0 Å². The van der Waals surface area contributed by atoms with E-state index in [1.807, 2.05) is 19.9 Å². The predicted octanol–water partition coefficient (Wildman–Crippen LogP) is -0.653. The van der Waals surface area contributed by atoms with Crippen molar-refractivity contribution in [3.05, 3.63) is 41.3 Å². The normalized spacial score (nSPS) is 19.2. The molecule has 0 aliphatic carbocycles. The zero-order chi connectivity index (χ0) is 25.4. The van der Waals surface area contributed by atoms with Gasteiger partial charge >= 0.3 is 37.2 Å². The molecule has 2 atom stereocenters. The maximum absolute atomic E-state index is 13.7. The molecular formula is C24H32N2NaO8P. The van der Waals surface area contributed by atoms with Crippen molar-refractivity contribution in [1.29, 1.82) is 0 Å². The largest absolute Gasteiger partial charge is 1.00 e. The third-order valence-electron chi connectivity index (χ3n) is 5.88. The molecule has 12 heteroatoms. The topological polar surface area (TPSA) is 134 Å². The van der Waals surface area contributed by atoms with Gasteiger partial charge in [0.25, 0.3) is 11.8 Å². The number of carboxylic acid groups (broad SMARTS) is 1. The Morgan fingerprint density at radius 2 is 1.72 bits per heavy atom. The number of carboxylic acids is 1. The van der Waals surface area contributed by atoms with Crippen LogP contribution in [0.25, 0.3) is 0 Å². The number of rotatable bonds is 14. The molecule has 1 aromatic carbocycles. The summed E-state index contributed by atoms with van der Waals surface area (Å²) in [6.45, 7) is 3.88. The molecule has 0 bridgehead atoms. The third kappa shape index (κ3) is 7.21. The van der Waals surface area contributed by atoms with Gasteiger partial charge in [0.2, 0.25) is 0 Å². The molecule has 2 aliphatic heterocycles. The summed E-state index contributed by atoms with van der Waals surface area (Å²) in [6, 6.07) is 7.25. The van der Waals surface area contributed by atoms with E-state index in [9.17, 15) is 24.1 Å². The molecule has 0 aromatic heterocycles. The monoisotopic (exact) mass is 530 g/mol. The van der Waals surface area contributed by atoms with Gasteiger partial charge in [-0.15, -0.1) is 0 Å². The second-order valence-electron chi connectivity index (χ2n) is 8.41. The summed E-state index contributed by atoms with van der Waals surface area (Å²) in [5, 5.41) is 14.7.